The zero-order chi connectivity index (χ0) is 16.1. The van der Waals surface area contributed by atoms with Gasteiger partial charge >= 0.3 is 5.97 Å². The predicted octanol–water partition coefficient (Wildman–Crippen LogP) is 2.23. The molecule has 112 valence electrons. The van der Waals surface area contributed by atoms with E-state index in [2.05, 4.69) is 4.99 Å². The first-order chi connectivity index (χ1) is 10.5. The quantitative estimate of drug-likeness (QED) is 0.535. The third-order valence-electron chi connectivity index (χ3n) is 3.03. The largest absolute Gasteiger partial charge is 0.508 e. The third-order valence-corrected chi connectivity index (χ3v) is 3.24. The Hall–Kier alpha value is -2.27. The fraction of sp³-hybridized carbons (Fsp3) is 0.125. The van der Waals surface area contributed by atoms with Gasteiger partial charge in [-0.25, -0.2) is 4.79 Å². The summed E-state index contributed by atoms with van der Waals surface area (Å²) in [5, 5.41) is 10.5. The van der Waals surface area contributed by atoms with Crippen molar-refractivity contribution >= 4 is 42.8 Å². The van der Waals surface area contributed by atoms with E-state index in [1.165, 1.54) is 6.21 Å². The standard InChI is InChI=1S/C16H15BClNO3/c1-2-22-16(21)10-3-5-13(6-4-10)19-9-11-7-12(18)8-14(17)15(11)20/h3-9,20H,2,17H2,1H3/b19-9+. The van der Waals surface area contributed by atoms with Crippen molar-refractivity contribution in [1.82, 2.24) is 0 Å². The van der Waals surface area contributed by atoms with E-state index in [1.807, 2.05) is 0 Å². The molecule has 0 unspecified atom stereocenters. The van der Waals surface area contributed by atoms with Crippen molar-refractivity contribution < 1.29 is 14.6 Å². The molecule has 1 N–H and O–H groups in total. The van der Waals surface area contributed by atoms with Crippen molar-refractivity contribution in [3.63, 3.8) is 0 Å². The van der Waals surface area contributed by atoms with Crippen molar-refractivity contribution in [1.29, 1.82) is 0 Å². The Balaban J connectivity index is 2.19. The van der Waals surface area contributed by atoms with Crippen LogP contribution in [0.1, 0.15) is 22.8 Å². The SMILES string of the molecule is Bc1cc(Cl)cc(/C=N/c2ccc(C(=O)OCC)cc2)c1O. The summed E-state index contributed by atoms with van der Waals surface area (Å²) in [7, 11) is 1.77. The molecule has 0 atom stereocenters. The smallest absolute Gasteiger partial charge is 0.338 e. The van der Waals surface area contributed by atoms with Crippen molar-refractivity contribution in [3.8, 4) is 5.75 Å². The van der Waals surface area contributed by atoms with Crippen LogP contribution >= 0.6 is 11.6 Å². The highest BCUT2D eigenvalue weighted by molar-refractivity contribution is 6.38. The van der Waals surface area contributed by atoms with E-state index in [4.69, 9.17) is 16.3 Å². The predicted molar refractivity (Wildman–Crippen MR) is 90.9 cm³/mol. The molecule has 0 aromatic heterocycles. The number of ether oxygens (including phenoxy) is 1. The van der Waals surface area contributed by atoms with Crippen LogP contribution < -0.4 is 5.46 Å². The summed E-state index contributed by atoms with van der Waals surface area (Å²) in [6.45, 7) is 2.10. The number of halogens is 1. The van der Waals surface area contributed by atoms with Gasteiger partial charge in [0, 0.05) is 16.8 Å². The molecule has 2 aromatic carbocycles. The molecule has 22 heavy (non-hydrogen) atoms. The first-order valence-corrected chi connectivity index (χ1v) is 7.19. The number of rotatable bonds is 4. The Morgan fingerprint density at radius 3 is 2.68 bits per heavy atom. The monoisotopic (exact) mass is 315 g/mol. The number of phenolic OH excluding ortho intramolecular Hbond substituents is 1. The number of aromatic hydroxyl groups is 1. The van der Waals surface area contributed by atoms with Gasteiger partial charge in [-0.3, -0.25) is 4.99 Å². The first kappa shape index (κ1) is 16.1. The number of esters is 1. The second-order valence-electron chi connectivity index (χ2n) is 4.69. The zero-order valence-electron chi connectivity index (χ0n) is 12.3. The van der Waals surface area contributed by atoms with Crippen LogP contribution in [0.5, 0.6) is 5.75 Å². The molecule has 0 fully saturated rings. The highest BCUT2D eigenvalue weighted by atomic mass is 35.5. The van der Waals surface area contributed by atoms with Crippen LogP contribution in [-0.4, -0.2) is 31.7 Å². The summed E-state index contributed by atoms with van der Waals surface area (Å²) in [4.78, 5) is 15.8. The van der Waals surface area contributed by atoms with Crippen LogP contribution in [0.3, 0.4) is 0 Å². The van der Waals surface area contributed by atoms with E-state index < -0.39 is 0 Å². The van der Waals surface area contributed by atoms with Gasteiger partial charge in [0.1, 0.15) is 13.6 Å². The second kappa shape index (κ2) is 7.14. The van der Waals surface area contributed by atoms with Gasteiger partial charge in [-0.15, -0.1) is 0 Å². The minimum Gasteiger partial charge on any atom is -0.508 e. The first-order valence-electron chi connectivity index (χ1n) is 6.81. The molecular formula is C16H15BClNO3. The maximum atomic E-state index is 11.5. The lowest BCUT2D eigenvalue weighted by molar-refractivity contribution is 0.0526. The van der Waals surface area contributed by atoms with Crippen LogP contribution in [0.15, 0.2) is 41.4 Å². The molecule has 0 aliphatic rings. The number of aliphatic imine (C=N–C) groups is 1. The number of carbonyl (C=O) groups excluding carboxylic acids is 1. The van der Waals surface area contributed by atoms with Crippen LogP contribution in [0.2, 0.25) is 5.02 Å². The van der Waals surface area contributed by atoms with E-state index >= 15 is 0 Å². The van der Waals surface area contributed by atoms with Crippen molar-refractivity contribution in [3.05, 3.63) is 52.5 Å². The Morgan fingerprint density at radius 1 is 1.36 bits per heavy atom. The summed E-state index contributed by atoms with van der Waals surface area (Å²) >= 11 is 5.97. The van der Waals surface area contributed by atoms with Gasteiger partial charge in [-0.2, -0.15) is 0 Å². The van der Waals surface area contributed by atoms with E-state index in [-0.39, 0.29) is 11.7 Å². The molecule has 2 aromatic rings. The molecule has 0 bridgehead atoms. The summed E-state index contributed by atoms with van der Waals surface area (Å²) < 4.78 is 4.91. The van der Waals surface area contributed by atoms with E-state index in [0.717, 1.165) is 0 Å². The minimum absolute atomic E-state index is 0.149. The van der Waals surface area contributed by atoms with Gasteiger partial charge in [0.2, 0.25) is 0 Å². The van der Waals surface area contributed by atoms with Gasteiger partial charge in [0.15, 0.2) is 0 Å². The van der Waals surface area contributed by atoms with E-state index in [9.17, 15) is 9.90 Å². The third kappa shape index (κ3) is 3.89. The Bertz CT molecular complexity index is 714. The lowest BCUT2D eigenvalue weighted by Gasteiger charge is -2.04. The molecule has 4 nitrogen and oxygen atoms in total. The van der Waals surface area contributed by atoms with E-state index in [1.54, 1.807) is 51.2 Å². The molecule has 0 saturated carbocycles. The fourth-order valence-electron chi connectivity index (χ4n) is 1.90. The highest BCUT2D eigenvalue weighted by Crippen LogP contribution is 2.19. The molecule has 0 radical (unpaired) electrons. The van der Waals surface area contributed by atoms with E-state index in [0.29, 0.717) is 33.9 Å². The maximum absolute atomic E-state index is 11.5. The van der Waals surface area contributed by atoms with Crippen LogP contribution in [0.4, 0.5) is 5.69 Å². The number of phenols is 1. The second-order valence-corrected chi connectivity index (χ2v) is 5.12. The average molecular weight is 316 g/mol. The van der Waals surface area contributed by atoms with Gasteiger partial charge < -0.3 is 9.84 Å². The normalized spacial score (nSPS) is 10.8. The molecule has 2 rings (SSSR count). The summed E-state index contributed by atoms with van der Waals surface area (Å²) in [6.07, 6.45) is 1.54. The molecular weight excluding hydrogens is 300 g/mol. The Kier molecular flexibility index (Phi) is 5.23. The van der Waals surface area contributed by atoms with Crippen molar-refractivity contribution in [2.75, 3.05) is 6.61 Å². The molecule has 0 heterocycles. The highest BCUT2D eigenvalue weighted by Gasteiger charge is 2.06. The van der Waals surface area contributed by atoms with Crippen LogP contribution in [-0.2, 0) is 4.74 Å². The van der Waals surface area contributed by atoms with Crippen molar-refractivity contribution in [2.45, 2.75) is 6.92 Å². The van der Waals surface area contributed by atoms with Crippen LogP contribution in [0, 0.1) is 0 Å². The Morgan fingerprint density at radius 2 is 2.05 bits per heavy atom. The molecule has 0 amide bonds. The summed E-state index contributed by atoms with van der Waals surface area (Å²) in [6, 6.07) is 10.0. The lowest BCUT2D eigenvalue weighted by Crippen LogP contribution is -2.05. The zero-order valence-corrected chi connectivity index (χ0v) is 13.1. The lowest BCUT2D eigenvalue weighted by atomic mass is 9.93. The molecule has 6 heteroatoms. The van der Waals surface area contributed by atoms with Gasteiger partial charge in [0.05, 0.1) is 17.9 Å². The van der Waals surface area contributed by atoms with Gasteiger partial charge in [0.25, 0.3) is 0 Å². The number of benzene rings is 2. The van der Waals surface area contributed by atoms with Gasteiger partial charge in [-0.05, 0) is 48.8 Å². The number of hydrogen-bond donors (Lipinski definition) is 1. The molecule has 0 aliphatic heterocycles. The fourth-order valence-corrected chi connectivity index (χ4v) is 2.18. The van der Waals surface area contributed by atoms with Crippen LogP contribution in [0.25, 0.3) is 0 Å². The Labute approximate surface area is 134 Å². The van der Waals surface area contributed by atoms with Crippen molar-refractivity contribution in [2.24, 2.45) is 4.99 Å². The number of hydrogen-bond acceptors (Lipinski definition) is 4. The summed E-state index contributed by atoms with van der Waals surface area (Å²) in [5.41, 5.74) is 2.36. The number of nitrogens with zero attached hydrogens (tertiary/aromatic N) is 1. The average Bonchev–Trinajstić information content (AvgIpc) is 2.50. The maximum Gasteiger partial charge on any atom is 0.338 e. The topological polar surface area (TPSA) is 58.9 Å². The molecule has 0 saturated heterocycles. The molecule has 0 spiro atoms. The molecule has 0 aliphatic carbocycles. The number of carbonyl (C=O) groups is 1. The minimum atomic E-state index is -0.360. The van der Waals surface area contributed by atoms with Gasteiger partial charge in [-0.1, -0.05) is 11.6 Å². The summed E-state index contributed by atoms with van der Waals surface area (Å²) in [5.74, 6) is -0.211.